The molecule has 0 aliphatic heterocycles. The molecule has 62 valence electrons. The standard InChI is InChI=1S/C8H6F2N2/c1-12-4-5-2-3-6(9)7(10)8(5)11-12/h2-4H,1H3. The van der Waals surface area contributed by atoms with Crippen LogP contribution in [-0.4, -0.2) is 9.78 Å². The Labute approximate surface area is 67.4 Å². The molecule has 2 nitrogen and oxygen atoms in total. The number of rotatable bonds is 0. The normalized spacial score (nSPS) is 10.9. The molecule has 0 atom stereocenters. The van der Waals surface area contributed by atoms with Gasteiger partial charge in [0, 0.05) is 18.6 Å². The molecule has 0 spiro atoms. The molecule has 0 saturated carbocycles. The quantitative estimate of drug-likeness (QED) is 0.587. The van der Waals surface area contributed by atoms with Crippen LogP contribution in [0.1, 0.15) is 0 Å². The van der Waals surface area contributed by atoms with Gasteiger partial charge in [0.25, 0.3) is 0 Å². The number of fused-ring (bicyclic) bond motifs is 1. The van der Waals surface area contributed by atoms with Crippen molar-refractivity contribution in [3.8, 4) is 0 Å². The summed E-state index contributed by atoms with van der Waals surface area (Å²) in [4.78, 5) is 0. The van der Waals surface area contributed by atoms with Gasteiger partial charge in [-0.05, 0) is 12.1 Å². The lowest BCUT2D eigenvalue weighted by molar-refractivity contribution is 0.514. The Morgan fingerprint density at radius 2 is 2.08 bits per heavy atom. The van der Waals surface area contributed by atoms with Gasteiger partial charge in [-0.1, -0.05) is 0 Å². The van der Waals surface area contributed by atoms with E-state index in [0.29, 0.717) is 5.39 Å². The van der Waals surface area contributed by atoms with Crippen LogP contribution >= 0.6 is 0 Å². The third kappa shape index (κ3) is 0.879. The van der Waals surface area contributed by atoms with Gasteiger partial charge in [0.2, 0.25) is 0 Å². The van der Waals surface area contributed by atoms with E-state index >= 15 is 0 Å². The second kappa shape index (κ2) is 2.27. The van der Waals surface area contributed by atoms with Gasteiger partial charge in [-0.25, -0.2) is 8.78 Å². The van der Waals surface area contributed by atoms with E-state index in [1.807, 2.05) is 0 Å². The fraction of sp³-hybridized carbons (Fsp3) is 0.125. The first-order chi connectivity index (χ1) is 5.68. The third-order valence-corrected chi connectivity index (χ3v) is 1.68. The number of aromatic nitrogens is 2. The monoisotopic (exact) mass is 168 g/mol. The highest BCUT2D eigenvalue weighted by Crippen LogP contribution is 2.17. The van der Waals surface area contributed by atoms with E-state index < -0.39 is 11.6 Å². The smallest absolute Gasteiger partial charge is 0.186 e. The Kier molecular flexibility index (Phi) is 1.36. The van der Waals surface area contributed by atoms with Crippen LogP contribution in [0, 0.1) is 11.6 Å². The molecule has 1 aromatic heterocycles. The molecule has 0 fully saturated rings. The lowest BCUT2D eigenvalue weighted by Gasteiger charge is -1.90. The molecule has 2 rings (SSSR count). The van der Waals surface area contributed by atoms with E-state index in [1.54, 1.807) is 13.2 Å². The first-order valence-electron chi connectivity index (χ1n) is 3.46. The number of hydrogen-bond donors (Lipinski definition) is 0. The molecule has 0 radical (unpaired) electrons. The van der Waals surface area contributed by atoms with Crippen LogP contribution in [0.4, 0.5) is 8.78 Å². The summed E-state index contributed by atoms with van der Waals surface area (Å²) in [7, 11) is 1.66. The van der Waals surface area contributed by atoms with Crippen LogP contribution in [0.5, 0.6) is 0 Å². The van der Waals surface area contributed by atoms with E-state index in [0.717, 1.165) is 6.07 Å². The average molecular weight is 168 g/mol. The zero-order chi connectivity index (χ0) is 8.72. The molecule has 0 aliphatic rings. The number of benzene rings is 1. The largest absolute Gasteiger partial charge is 0.274 e. The molecule has 4 heteroatoms. The summed E-state index contributed by atoms with van der Waals surface area (Å²) in [6.45, 7) is 0. The fourth-order valence-corrected chi connectivity index (χ4v) is 1.15. The zero-order valence-electron chi connectivity index (χ0n) is 6.38. The van der Waals surface area contributed by atoms with Crippen molar-refractivity contribution in [3.05, 3.63) is 30.0 Å². The molecule has 1 heterocycles. The Morgan fingerprint density at radius 1 is 1.33 bits per heavy atom. The van der Waals surface area contributed by atoms with Gasteiger partial charge in [-0.2, -0.15) is 5.10 Å². The van der Waals surface area contributed by atoms with Gasteiger partial charge >= 0.3 is 0 Å². The first-order valence-corrected chi connectivity index (χ1v) is 3.46. The van der Waals surface area contributed by atoms with Crippen molar-refractivity contribution in [1.82, 2.24) is 9.78 Å². The van der Waals surface area contributed by atoms with Crippen LogP contribution in [0.2, 0.25) is 0 Å². The molecule has 1 aromatic carbocycles. The lowest BCUT2D eigenvalue weighted by Crippen LogP contribution is -1.88. The molecule has 2 aromatic rings. The maximum atomic E-state index is 13.0. The average Bonchev–Trinajstić information content (AvgIpc) is 2.39. The second-order valence-electron chi connectivity index (χ2n) is 2.60. The van der Waals surface area contributed by atoms with Gasteiger partial charge in [0.15, 0.2) is 11.6 Å². The van der Waals surface area contributed by atoms with Crippen molar-refractivity contribution in [2.24, 2.45) is 7.05 Å². The molecule has 0 N–H and O–H groups in total. The molecule has 0 aliphatic carbocycles. The molecule has 0 saturated heterocycles. The number of hydrogen-bond acceptors (Lipinski definition) is 1. The maximum absolute atomic E-state index is 13.0. The topological polar surface area (TPSA) is 17.8 Å². The third-order valence-electron chi connectivity index (χ3n) is 1.68. The molecular formula is C8H6F2N2. The Hall–Kier alpha value is -1.45. The predicted molar refractivity (Wildman–Crippen MR) is 40.6 cm³/mol. The van der Waals surface area contributed by atoms with Gasteiger partial charge in [0.05, 0.1) is 0 Å². The van der Waals surface area contributed by atoms with Crippen molar-refractivity contribution >= 4 is 10.9 Å². The van der Waals surface area contributed by atoms with Crippen LogP contribution < -0.4 is 0 Å². The van der Waals surface area contributed by atoms with E-state index in [9.17, 15) is 8.78 Å². The number of halogens is 2. The van der Waals surface area contributed by atoms with E-state index in [-0.39, 0.29) is 5.52 Å². The highest BCUT2D eigenvalue weighted by molar-refractivity contribution is 5.78. The van der Waals surface area contributed by atoms with Crippen molar-refractivity contribution in [3.63, 3.8) is 0 Å². The van der Waals surface area contributed by atoms with Crippen LogP contribution in [0.15, 0.2) is 18.3 Å². The Balaban J connectivity index is 2.89. The summed E-state index contributed by atoms with van der Waals surface area (Å²) < 4.78 is 27.0. The van der Waals surface area contributed by atoms with Gasteiger partial charge in [-0.15, -0.1) is 0 Å². The Bertz CT molecular complexity index is 434. The van der Waals surface area contributed by atoms with Gasteiger partial charge < -0.3 is 0 Å². The summed E-state index contributed by atoms with van der Waals surface area (Å²) in [6, 6.07) is 2.60. The highest BCUT2D eigenvalue weighted by atomic mass is 19.2. The molecule has 12 heavy (non-hydrogen) atoms. The molecule has 0 unspecified atom stereocenters. The van der Waals surface area contributed by atoms with Crippen LogP contribution in [0.3, 0.4) is 0 Å². The Morgan fingerprint density at radius 3 is 2.83 bits per heavy atom. The van der Waals surface area contributed by atoms with Crippen LogP contribution in [0.25, 0.3) is 10.9 Å². The van der Waals surface area contributed by atoms with Crippen LogP contribution in [-0.2, 0) is 7.05 Å². The summed E-state index contributed by atoms with van der Waals surface area (Å²) >= 11 is 0. The van der Waals surface area contributed by atoms with Crippen molar-refractivity contribution in [2.75, 3.05) is 0 Å². The molecule has 0 amide bonds. The number of aryl methyl sites for hydroxylation is 1. The second-order valence-corrected chi connectivity index (χ2v) is 2.60. The first kappa shape index (κ1) is 7.21. The maximum Gasteiger partial charge on any atom is 0.186 e. The summed E-state index contributed by atoms with van der Waals surface area (Å²) in [5.74, 6) is -1.74. The van der Waals surface area contributed by atoms with E-state index in [2.05, 4.69) is 5.10 Å². The highest BCUT2D eigenvalue weighted by Gasteiger charge is 2.09. The molecular weight excluding hydrogens is 162 g/mol. The minimum Gasteiger partial charge on any atom is -0.274 e. The zero-order valence-corrected chi connectivity index (χ0v) is 6.38. The minimum absolute atomic E-state index is 0.0810. The number of nitrogens with zero attached hydrogens (tertiary/aromatic N) is 2. The van der Waals surface area contributed by atoms with Gasteiger partial charge in [-0.3, -0.25) is 4.68 Å². The minimum atomic E-state index is -0.881. The lowest BCUT2D eigenvalue weighted by atomic mass is 10.2. The SMILES string of the molecule is Cn1cc2ccc(F)c(F)c2n1. The predicted octanol–water partition coefficient (Wildman–Crippen LogP) is 1.85. The van der Waals surface area contributed by atoms with Crippen molar-refractivity contribution in [1.29, 1.82) is 0 Å². The fourth-order valence-electron chi connectivity index (χ4n) is 1.15. The summed E-state index contributed by atoms with van der Waals surface area (Å²) in [6.07, 6.45) is 1.64. The summed E-state index contributed by atoms with van der Waals surface area (Å²) in [5, 5.41) is 4.38. The summed E-state index contributed by atoms with van der Waals surface area (Å²) in [5.41, 5.74) is 0.0810. The van der Waals surface area contributed by atoms with Gasteiger partial charge in [0.1, 0.15) is 5.52 Å². The van der Waals surface area contributed by atoms with E-state index in [4.69, 9.17) is 0 Å². The molecule has 0 bridgehead atoms. The van der Waals surface area contributed by atoms with Crippen molar-refractivity contribution < 1.29 is 8.78 Å². The van der Waals surface area contributed by atoms with E-state index in [1.165, 1.54) is 10.7 Å². The van der Waals surface area contributed by atoms with Crippen molar-refractivity contribution in [2.45, 2.75) is 0 Å².